The van der Waals surface area contributed by atoms with Gasteiger partial charge in [0, 0.05) is 54.3 Å². The van der Waals surface area contributed by atoms with Gasteiger partial charge in [0.15, 0.2) is 0 Å². The highest BCUT2D eigenvalue weighted by Gasteiger charge is 2.35. The van der Waals surface area contributed by atoms with Gasteiger partial charge in [0.25, 0.3) is 0 Å². The van der Waals surface area contributed by atoms with E-state index in [9.17, 15) is 0 Å². The van der Waals surface area contributed by atoms with Gasteiger partial charge in [0.2, 0.25) is 0 Å². The third kappa shape index (κ3) is 7.21. The molecule has 0 aliphatic carbocycles. The molecule has 0 spiro atoms. The zero-order valence-electron chi connectivity index (χ0n) is 31.2. The molecule has 8 rings (SSSR count). The van der Waals surface area contributed by atoms with Crippen LogP contribution in [-0.2, 0) is 0 Å². The Morgan fingerprint density at radius 2 is 1.40 bits per heavy atom. The van der Waals surface area contributed by atoms with Crippen LogP contribution in [0.15, 0.2) is 41.4 Å². The van der Waals surface area contributed by atoms with Gasteiger partial charge < -0.3 is 15.1 Å². The third-order valence-corrected chi connectivity index (χ3v) is 15.7. The fourth-order valence-electron chi connectivity index (χ4n) is 9.52. The van der Waals surface area contributed by atoms with Gasteiger partial charge in [-0.1, -0.05) is 19.1 Å². The van der Waals surface area contributed by atoms with Crippen LogP contribution in [0, 0.1) is 11.8 Å². The number of aliphatic imine (C=N–C) groups is 1. The molecule has 0 saturated carbocycles. The van der Waals surface area contributed by atoms with Crippen LogP contribution in [0.5, 0.6) is 0 Å². The molecule has 2 aromatic carbocycles. The number of rotatable bonds is 7. The fraction of sp³-hybridized carbons (Fsp3) is 0.643. The maximum absolute atomic E-state index is 5.27. The number of thiazole rings is 2. The van der Waals surface area contributed by atoms with Crippen molar-refractivity contribution in [3.8, 4) is 0 Å². The highest BCUT2D eigenvalue weighted by atomic mass is 32.1. The van der Waals surface area contributed by atoms with Gasteiger partial charge in [-0.2, -0.15) is 0 Å². The number of nitrogens with one attached hydrogen (secondary N) is 1. The molecule has 1 N–H and O–H groups in total. The van der Waals surface area contributed by atoms with Crippen LogP contribution in [0.2, 0.25) is 0 Å². The minimum atomic E-state index is 0.444. The molecule has 4 aliphatic rings. The van der Waals surface area contributed by atoms with Gasteiger partial charge in [-0.05, 0) is 153 Å². The van der Waals surface area contributed by atoms with Crippen molar-refractivity contribution in [3.05, 3.63) is 57.5 Å². The molecule has 2 aromatic heterocycles. The molecule has 2 unspecified atom stereocenters. The van der Waals surface area contributed by atoms with Gasteiger partial charge in [-0.3, -0.25) is 4.99 Å². The van der Waals surface area contributed by atoms with E-state index >= 15 is 0 Å². The second kappa shape index (κ2) is 14.7. The summed E-state index contributed by atoms with van der Waals surface area (Å²) < 4.78 is 2.68. The number of benzene rings is 2. The Kier molecular flexibility index (Phi) is 10.2. The molecule has 6 nitrogen and oxygen atoms in total. The fourth-order valence-corrected chi connectivity index (χ4v) is 11.7. The van der Waals surface area contributed by atoms with Gasteiger partial charge in [-0.15, -0.1) is 22.7 Å². The quantitative estimate of drug-likeness (QED) is 0.207. The summed E-state index contributed by atoms with van der Waals surface area (Å²) >= 11 is 3.86. The van der Waals surface area contributed by atoms with Crippen molar-refractivity contribution in [2.75, 3.05) is 27.2 Å². The first-order valence-corrected chi connectivity index (χ1v) is 21.3. The van der Waals surface area contributed by atoms with Crippen LogP contribution >= 0.6 is 22.7 Å². The minimum absolute atomic E-state index is 0.444. The highest BCUT2D eigenvalue weighted by molar-refractivity contribution is 7.19. The number of hydrogen-bond donors (Lipinski definition) is 1. The van der Waals surface area contributed by atoms with E-state index in [-0.39, 0.29) is 0 Å². The van der Waals surface area contributed by atoms with Gasteiger partial charge in [-0.25, -0.2) is 9.97 Å². The van der Waals surface area contributed by atoms with E-state index < -0.39 is 0 Å². The van der Waals surface area contributed by atoms with E-state index in [2.05, 4.69) is 93.3 Å². The van der Waals surface area contributed by atoms with Crippen molar-refractivity contribution in [3.63, 3.8) is 0 Å². The largest absolute Gasteiger partial charge is 0.310 e. The SMILES string of the molecule is C[C@H]1CCC(c2ccc3sc([C@H]4C[C@@H](CCC5CC[C@H](c6ccc7sc(C8C[C@@H](C)N(C)[C@@H](C)C8)nc7c6)NC5)N(C)[C@@H](C)C4)nc3c2)=NC1. The predicted octanol–water partition coefficient (Wildman–Crippen LogP) is 9.80. The molecule has 50 heavy (non-hydrogen) atoms. The second-order valence-electron chi connectivity index (χ2n) is 16.8. The van der Waals surface area contributed by atoms with E-state index in [4.69, 9.17) is 15.0 Å². The molecule has 4 aromatic rings. The topological polar surface area (TPSA) is 56.7 Å². The number of nitrogens with zero attached hydrogens (tertiary/aromatic N) is 5. The first-order valence-electron chi connectivity index (χ1n) is 19.7. The van der Waals surface area contributed by atoms with Crippen molar-refractivity contribution >= 4 is 48.8 Å². The zero-order valence-corrected chi connectivity index (χ0v) is 32.8. The van der Waals surface area contributed by atoms with Crippen molar-refractivity contribution in [1.82, 2.24) is 25.1 Å². The van der Waals surface area contributed by atoms with Crippen LogP contribution in [0.25, 0.3) is 20.4 Å². The Morgan fingerprint density at radius 3 is 2.06 bits per heavy atom. The molecule has 6 heterocycles. The van der Waals surface area contributed by atoms with E-state index in [0.717, 1.165) is 25.4 Å². The molecule has 9 atom stereocenters. The van der Waals surface area contributed by atoms with Crippen molar-refractivity contribution < 1.29 is 0 Å². The zero-order chi connectivity index (χ0) is 34.5. The molecule has 3 saturated heterocycles. The lowest BCUT2D eigenvalue weighted by atomic mass is 9.82. The summed E-state index contributed by atoms with van der Waals surface area (Å²) in [6.07, 6.45) is 12.3. The summed E-state index contributed by atoms with van der Waals surface area (Å²) in [6, 6.07) is 16.9. The molecular formula is C42H58N6S2. The molecule has 268 valence electrons. The highest BCUT2D eigenvalue weighted by Crippen LogP contribution is 2.41. The molecule has 0 radical (unpaired) electrons. The Morgan fingerprint density at radius 1 is 0.740 bits per heavy atom. The maximum atomic E-state index is 5.27. The van der Waals surface area contributed by atoms with Crippen molar-refractivity contribution in [2.45, 2.75) is 134 Å². The summed E-state index contributed by atoms with van der Waals surface area (Å²) in [5.41, 5.74) is 6.36. The van der Waals surface area contributed by atoms with Crippen LogP contribution in [-0.4, -0.2) is 76.8 Å². The Hall–Kier alpha value is -2.23. The molecule has 0 bridgehead atoms. The van der Waals surface area contributed by atoms with Gasteiger partial charge >= 0.3 is 0 Å². The third-order valence-electron chi connectivity index (χ3n) is 13.3. The summed E-state index contributed by atoms with van der Waals surface area (Å²) in [5, 5.41) is 6.66. The minimum Gasteiger partial charge on any atom is -0.310 e. The van der Waals surface area contributed by atoms with Crippen LogP contribution in [0.1, 0.15) is 131 Å². The summed E-state index contributed by atoms with van der Waals surface area (Å²) in [7, 11) is 4.64. The van der Waals surface area contributed by atoms with Crippen molar-refractivity contribution in [1.29, 1.82) is 0 Å². The summed E-state index contributed by atoms with van der Waals surface area (Å²) in [5.74, 6) is 2.61. The normalized spacial score (nSPS) is 33.2. The summed E-state index contributed by atoms with van der Waals surface area (Å²) in [6.45, 7) is 11.6. The van der Waals surface area contributed by atoms with Gasteiger partial charge in [0.05, 0.1) is 30.4 Å². The number of likely N-dealkylation sites (tertiary alicyclic amines) is 2. The Labute approximate surface area is 308 Å². The van der Waals surface area contributed by atoms with E-state index in [1.807, 2.05) is 22.7 Å². The lowest BCUT2D eigenvalue weighted by Gasteiger charge is -2.42. The molecular weight excluding hydrogens is 653 g/mol. The maximum Gasteiger partial charge on any atom is 0.0970 e. The lowest BCUT2D eigenvalue weighted by molar-refractivity contribution is 0.0976. The smallest absolute Gasteiger partial charge is 0.0970 e. The molecule has 4 aliphatic heterocycles. The van der Waals surface area contributed by atoms with Gasteiger partial charge in [0.1, 0.15) is 0 Å². The number of fused-ring (bicyclic) bond motifs is 2. The molecule has 0 amide bonds. The molecule has 3 fully saturated rings. The van der Waals surface area contributed by atoms with Crippen LogP contribution < -0.4 is 5.32 Å². The lowest BCUT2D eigenvalue weighted by Crippen LogP contribution is -2.45. The van der Waals surface area contributed by atoms with E-state index in [1.165, 1.54) is 105 Å². The van der Waals surface area contributed by atoms with Crippen LogP contribution in [0.4, 0.5) is 0 Å². The second-order valence-corrected chi connectivity index (χ2v) is 18.9. The standard InChI is InChI=1S/C42H58N6S2/c1-25-7-13-35(43-23-25)30-10-15-40-38(21-30)46-42(50-40)33-19-28(4)48(6)34(20-33)12-8-29-9-14-36(44-24-29)31-11-16-39-37(22-31)45-41(49-39)32-17-26(2)47(5)27(3)18-32/h10-11,15-16,21-22,25-29,32-34,36,44H,7-9,12-14,17-20,23-24H2,1-6H3/t25-,26-,27+,28-,29?,32?,33+,34+,36+/m0/s1. The first-order chi connectivity index (χ1) is 24.2. The molecule has 8 heteroatoms. The Bertz CT molecular complexity index is 1810. The Balaban J connectivity index is 0.863. The van der Waals surface area contributed by atoms with Crippen LogP contribution in [0.3, 0.4) is 0 Å². The van der Waals surface area contributed by atoms with E-state index in [0.29, 0.717) is 48.0 Å². The average Bonchev–Trinajstić information content (AvgIpc) is 3.75. The number of aromatic nitrogens is 2. The summed E-state index contributed by atoms with van der Waals surface area (Å²) in [4.78, 5) is 20.6. The number of hydrogen-bond acceptors (Lipinski definition) is 8. The van der Waals surface area contributed by atoms with E-state index in [1.54, 1.807) is 0 Å². The number of piperidine rings is 3. The average molecular weight is 711 g/mol. The first kappa shape index (κ1) is 34.8. The monoisotopic (exact) mass is 710 g/mol. The predicted molar refractivity (Wildman–Crippen MR) is 213 cm³/mol. The van der Waals surface area contributed by atoms with Crippen molar-refractivity contribution in [2.24, 2.45) is 16.8 Å².